The van der Waals surface area contributed by atoms with E-state index in [1.54, 1.807) is 5.94 Å². The number of benzene rings is 1. The Morgan fingerprint density at radius 3 is 2.48 bits per heavy atom. The third-order valence-corrected chi connectivity index (χ3v) is 3.58. The number of carbonyl (C=O) groups is 2. The summed E-state index contributed by atoms with van der Waals surface area (Å²) >= 11 is 17.7. The standard InChI is InChI=1S/C14H11Cl3O6/c15-8-7-9(16)11(23-14(21)13(19)20)12(10(8)17)22-6-4-2-1-3-5-18/h3,7H,1-2,4,6H2,(H,19,20). The number of unbranched alkanes of at least 4 members (excludes halogenated alkanes) is 2. The molecule has 0 heterocycles. The minimum absolute atomic E-state index is 0.0583. The lowest BCUT2D eigenvalue weighted by molar-refractivity contribution is -0.158. The number of ether oxygens (including phenoxy) is 2. The van der Waals surface area contributed by atoms with Crippen LogP contribution in [0.5, 0.6) is 11.5 Å². The molecule has 9 heteroatoms. The third kappa shape index (κ3) is 5.77. The van der Waals surface area contributed by atoms with E-state index in [2.05, 4.69) is 4.74 Å². The normalized spacial score (nSPS) is 9.87. The van der Waals surface area contributed by atoms with Gasteiger partial charge in [0.2, 0.25) is 0 Å². The van der Waals surface area contributed by atoms with Crippen molar-refractivity contribution >= 4 is 52.7 Å². The average molecular weight is 382 g/mol. The van der Waals surface area contributed by atoms with E-state index in [9.17, 15) is 14.4 Å². The number of hydrogen-bond donors (Lipinski definition) is 1. The zero-order valence-corrected chi connectivity index (χ0v) is 13.9. The number of carbonyl (C=O) groups excluding carboxylic acids is 2. The highest BCUT2D eigenvalue weighted by molar-refractivity contribution is 6.45. The zero-order chi connectivity index (χ0) is 17.4. The molecule has 23 heavy (non-hydrogen) atoms. The Balaban J connectivity index is 2.91. The van der Waals surface area contributed by atoms with Crippen molar-refractivity contribution < 1.29 is 29.0 Å². The molecule has 0 unspecified atom stereocenters. The number of carboxylic acid groups (broad SMARTS) is 1. The van der Waals surface area contributed by atoms with E-state index in [-0.39, 0.29) is 33.2 Å². The molecule has 0 bridgehead atoms. The maximum Gasteiger partial charge on any atom is 0.422 e. The van der Waals surface area contributed by atoms with E-state index >= 15 is 0 Å². The van der Waals surface area contributed by atoms with E-state index in [1.807, 2.05) is 0 Å². The molecule has 0 aromatic heterocycles. The number of halogens is 3. The second-order valence-electron chi connectivity index (χ2n) is 4.17. The number of rotatable bonds is 7. The summed E-state index contributed by atoms with van der Waals surface area (Å²) in [6.45, 7) is 0.167. The Bertz CT molecular complexity index is 652. The van der Waals surface area contributed by atoms with Crippen LogP contribution < -0.4 is 9.47 Å². The van der Waals surface area contributed by atoms with E-state index in [1.165, 1.54) is 12.1 Å². The van der Waals surface area contributed by atoms with Crippen LogP contribution in [0.3, 0.4) is 0 Å². The van der Waals surface area contributed by atoms with Gasteiger partial charge in [-0.15, -0.1) is 0 Å². The SMILES string of the molecule is O=C=CCCCCOc1c(Cl)c(Cl)cc(Cl)c1OC(=O)C(=O)O. The summed E-state index contributed by atoms with van der Waals surface area (Å²) in [5, 5.41) is 8.48. The van der Waals surface area contributed by atoms with Crippen molar-refractivity contribution in [3.63, 3.8) is 0 Å². The predicted molar refractivity (Wildman–Crippen MR) is 84.4 cm³/mol. The van der Waals surface area contributed by atoms with Crippen molar-refractivity contribution in [2.75, 3.05) is 6.61 Å². The molecule has 1 N–H and O–H groups in total. The third-order valence-electron chi connectivity index (χ3n) is 2.53. The molecule has 0 radical (unpaired) electrons. The predicted octanol–water partition coefficient (Wildman–Crippen LogP) is 3.57. The molecule has 0 fully saturated rings. The van der Waals surface area contributed by atoms with Crippen LogP contribution in [0.25, 0.3) is 0 Å². The lowest BCUT2D eigenvalue weighted by Gasteiger charge is -2.14. The van der Waals surface area contributed by atoms with Gasteiger partial charge in [0.05, 0.1) is 16.7 Å². The van der Waals surface area contributed by atoms with E-state index < -0.39 is 11.9 Å². The molecular weight excluding hydrogens is 371 g/mol. The van der Waals surface area contributed by atoms with Crippen LogP contribution in [-0.2, 0) is 14.4 Å². The highest BCUT2D eigenvalue weighted by Crippen LogP contribution is 2.45. The van der Waals surface area contributed by atoms with Crippen LogP contribution in [0, 0.1) is 0 Å². The summed E-state index contributed by atoms with van der Waals surface area (Å²) in [6, 6.07) is 1.21. The van der Waals surface area contributed by atoms with Gasteiger partial charge in [0.15, 0.2) is 11.5 Å². The number of hydrogen-bond acceptors (Lipinski definition) is 5. The van der Waals surface area contributed by atoms with E-state index in [0.717, 1.165) is 0 Å². The van der Waals surface area contributed by atoms with Gasteiger partial charge in [-0.05, 0) is 31.4 Å². The molecule has 1 rings (SSSR count). The lowest BCUT2D eigenvalue weighted by Crippen LogP contribution is -2.20. The molecule has 0 aliphatic rings. The van der Waals surface area contributed by atoms with Crippen LogP contribution in [0.2, 0.25) is 15.1 Å². The Morgan fingerprint density at radius 1 is 1.17 bits per heavy atom. The molecule has 0 spiro atoms. The van der Waals surface area contributed by atoms with Gasteiger partial charge in [-0.2, -0.15) is 0 Å². The molecule has 0 aliphatic carbocycles. The molecule has 0 saturated carbocycles. The van der Waals surface area contributed by atoms with Gasteiger partial charge in [0.25, 0.3) is 0 Å². The van der Waals surface area contributed by atoms with Gasteiger partial charge >= 0.3 is 11.9 Å². The Kier molecular flexibility index (Phi) is 7.92. The minimum atomic E-state index is -1.79. The Morgan fingerprint density at radius 2 is 1.87 bits per heavy atom. The summed E-state index contributed by atoms with van der Waals surface area (Å²) in [5.74, 6) is -2.11. The van der Waals surface area contributed by atoms with Crippen LogP contribution in [0.15, 0.2) is 12.1 Å². The van der Waals surface area contributed by atoms with Crippen LogP contribution in [0.1, 0.15) is 19.3 Å². The first-order chi connectivity index (χ1) is 10.9. The molecule has 0 amide bonds. The largest absolute Gasteiger partial charge is 0.488 e. The van der Waals surface area contributed by atoms with Gasteiger partial charge in [0, 0.05) is 0 Å². The lowest BCUT2D eigenvalue weighted by atomic mass is 10.2. The van der Waals surface area contributed by atoms with Gasteiger partial charge in [-0.3, -0.25) is 0 Å². The smallest absolute Gasteiger partial charge is 0.422 e. The molecule has 6 nitrogen and oxygen atoms in total. The summed E-state index contributed by atoms with van der Waals surface area (Å²) in [7, 11) is 0. The fourth-order valence-corrected chi connectivity index (χ4v) is 2.18. The van der Waals surface area contributed by atoms with Gasteiger partial charge in [-0.1, -0.05) is 34.8 Å². The monoisotopic (exact) mass is 380 g/mol. The first kappa shape index (κ1) is 19.3. The Labute approximate surface area is 146 Å². The van der Waals surface area contributed by atoms with E-state index in [0.29, 0.717) is 19.3 Å². The molecule has 0 atom stereocenters. The van der Waals surface area contributed by atoms with Crippen molar-refractivity contribution in [3.05, 3.63) is 27.2 Å². The molecule has 1 aromatic carbocycles. The molecule has 0 saturated heterocycles. The average Bonchev–Trinajstić information content (AvgIpc) is 2.50. The number of aliphatic carboxylic acids is 1. The fourth-order valence-electron chi connectivity index (χ4n) is 1.50. The quantitative estimate of drug-likeness (QED) is 0.194. The topological polar surface area (TPSA) is 89.9 Å². The molecule has 0 aliphatic heterocycles. The van der Waals surface area contributed by atoms with E-state index in [4.69, 9.17) is 44.6 Å². The van der Waals surface area contributed by atoms with Crippen molar-refractivity contribution in [3.8, 4) is 11.5 Å². The maximum absolute atomic E-state index is 11.2. The fraction of sp³-hybridized carbons (Fsp3) is 0.286. The van der Waals surface area contributed by atoms with Crippen molar-refractivity contribution in [1.82, 2.24) is 0 Å². The summed E-state index contributed by atoms with van der Waals surface area (Å²) in [4.78, 5) is 31.8. The van der Waals surface area contributed by atoms with Gasteiger partial charge < -0.3 is 14.6 Å². The van der Waals surface area contributed by atoms with Crippen LogP contribution in [-0.4, -0.2) is 29.6 Å². The molecule has 1 aromatic rings. The minimum Gasteiger partial charge on any atom is -0.488 e. The number of allylic oxidation sites excluding steroid dienone is 1. The van der Waals surface area contributed by atoms with Crippen LogP contribution >= 0.6 is 34.8 Å². The van der Waals surface area contributed by atoms with Crippen molar-refractivity contribution in [1.29, 1.82) is 0 Å². The first-order valence-electron chi connectivity index (χ1n) is 6.33. The summed E-state index contributed by atoms with van der Waals surface area (Å²) in [6.07, 6.45) is 3.11. The molecule has 124 valence electrons. The summed E-state index contributed by atoms with van der Waals surface area (Å²) in [5.41, 5.74) is 0. The molecular formula is C14H11Cl3O6. The highest BCUT2D eigenvalue weighted by atomic mass is 35.5. The Hall–Kier alpha value is -1.72. The van der Waals surface area contributed by atoms with Gasteiger partial charge in [-0.25, -0.2) is 14.4 Å². The second-order valence-corrected chi connectivity index (χ2v) is 5.37. The maximum atomic E-state index is 11.2. The van der Waals surface area contributed by atoms with Crippen LogP contribution in [0.4, 0.5) is 0 Å². The highest BCUT2D eigenvalue weighted by Gasteiger charge is 2.23. The number of esters is 1. The van der Waals surface area contributed by atoms with Crippen molar-refractivity contribution in [2.24, 2.45) is 0 Å². The first-order valence-corrected chi connectivity index (χ1v) is 7.46. The summed E-state index contributed by atoms with van der Waals surface area (Å²) < 4.78 is 10.1. The second kappa shape index (κ2) is 9.43. The van der Waals surface area contributed by atoms with Gasteiger partial charge in [0.1, 0.15) is 11.0 Å². The number of carboxylic acids is 1. The zero-order valence-electron chi connectivity index (χ0n) is 11.6. The van der Waals surface area contributed by atoms with Crippen molar-refractivity contribution in [2.45, 2.75) is 19.3 Å².